The first kappa shape index (κ1) is 18.6. The van der Waals surface area contributed by atoms with E-state index in [1.54, 1.807) is 0 Å². The highest BCUT2D eigenvalue weighted by Crippen LogP contribution is 2.44. The molecule has 1 unspecified atom stereocenters. The number of unbranched alkanes of at least 4 members (excludes halogenated alkanes) is 2. The number of hydrogen-bond donors (Lipinski definition) is 2. The smallest absolute Gasteiger partial charge is 0.234 e. The van der Waals surface area contributed by atoms with Crippen LogP contribution in [-0.2, 0) is 3.79 Å². The predicted octanol–water partition coefficient (Wildman–Crippen LogP) is 4.73. The summed E-state index contributed by atoms with van der Waals surface area (Å²) in [7, 11) is 0. The molecule has 0 saturated heterocycles. The number of pyridine rings is 1. The monoisotopic (exact) mass is 377 g/mol. The molecular weight excluding hydrogens is 363 g/mol. The zero-order valence-electron chi connectivity index (χ0n) is 10.7. The zero-order chi connectivity index (χ0) is 15.3. The summed E-state index contributed by atoms with van der Waals surface area (Å²) in [6, 6.07) is -0.332. The average molecular weight is 380 g/mol. The standard InChI is InChI=1S/C12H16Cl5N3/c13-7-6-20-11(12(15,16)17)10(14)9(7)8(19)4-2-1-3-5-18/h6,8H,1-5,18-19H2. The second-order valence-corrected chi connectivity index (χ2v) is 7.49. The van der Waals surface area contributed by atoms with E-state index in [4.69, 9.17) is 69.5 Å². The number of halogens is 5. The lowest BCUT2D eigenvalue weighted by atomic mass is 10.0. The summed E-state index contributed by atoms with van der Waals surface area (Å²) in [4.78, 5) is 3.97. The fourth-order valence-corrected chi connectivity index (χ4v) is 3.19. The third kappa shape index (κ3) is 5.06. The van der Waals surface area contributed by atoms with Crippen molar-refractivity contribution in [2.24, 2.45) is 11.5 Å². The van der Waals surface area contributed by atoms with Gasteiger partial charge in [-0.05, 0) is 19.4 Å². The summed E-state index contributed by atoms with van der Waals surface area (Å²) in [5.74, 6) is 0. The van der Waals surface area contributed by atoms with Gasteiger partial charge in [0.2, 0.25) is 3.79 Å². The highest BCUT2D eigenvalue weighted by molar-refractivity contribution is 6.67. The van der Waals surface area contributed by atoms with Crippen LogP contribution in [0.3, 0.4) is 0 Å². The van der Waals surface area contributed by atoms with Crippen molar-refractivity contribution in [1.29, 1.82) is 0 Å². The van der Waals surface area contributed by atoms with Crippen molar-refractivity contribution in [3.05, 3.63) is 27.5 Å². The average Bonchev–Trinajstić information content (AvgIpc) is 2.33. The Balaban J connectivity index is 2.93. The molecule has 0 spiro atoms. The van der Waals surface area contributed by atoms with Gasteiger partial charge in [0, 0.05) is 17.8 Å². The van der Waals surface area contributed by atoms with Gasteiger partial charge >= 0.3 is 0 Å². The van der Waals surface area contributed by atoms with Crippen LogP contribution < -0.4 is 11.5 Å². The van der Waals surface area contributed by atoms with Crippen molar-refractivity contribution in [3.63, 3.8) is 0 Å². The SMILES string of the molecule is NCCCCCC(N)c1c(Cl)cnc(C(Cl)(Cl)Cl)c1Cl. The number of hydrogen-bond acceptors (Lipinski definition) is 3. The summed E-state index contributed by atoms with van der Waals surface area (Å²) in [5, 5.41) is 0.586. The molecule has 0 aliphatic heterocycles. The minimum atomic E-state index is -1.71. The molecule has 8 heteroatoms. The van der Waals surface area contributed by atoms with Gasteiger partial charge < -0.3 is 11.5 Å². The first-order valence-electron chi connectivity index (χ1n) is 6.15. The molecular formula is C12H16Cl5N3. The summed E-state index contributed by atoms with van der Waals surface area (Å²) >= 11 is 29.8. The van der Waals surface area contributed by atoms with Crippen LogP contribution in [0.5, 0.6) is 0 Å². The number of nitrogens with two attached hydrogens (primary N) is 2. The molecule has 114 valence electrons. The van der Waals surface area contributed by atoms with E-state index in [1.807, 2.05) is 0 Å². The summed E-state index contributed by atoms with van der Waals surface area (Å²) in [6.45, 7) is 0.670. The van der Waals surface area contributed by atoms with Gasteiger partial charge in [0.05, 0.1) is 10.0 Å². The molecule has 1 heterocycles. The van der Waals surface area contributed by atoms with E-state index in [9.17, 15) is 0 Å². The molecule has 1 atom stereocenters. The minimum Gasteiger partial charge on any atom is -0.330 e. The highest BCUT2D eigenvalue weighted by Gasteiger charge is 2.31. The maximum atomic E-state index is 6.23. The maximum Gasteiger partial charge on any atom is 0.234 e. The van der Waals surface area contributed by atoms with Crippen LogP contribution in [0.15, 0.2) is 6.20 Å². The molecule has 0 aromatic carbocycles. The molecule has 0 saturated carbocycles. The molecule has 1 aromatic heterocycles. The summed E-state index contributed by atoms with van der Waals surface area (Å²) in [5.41, 5.74) is 12.3. The van der Waals surface area contributed by atoms with E-state index in [0.717, 1.165) is 25.7 Å². The van der Waals surface area contributed by atoms with Crippen molar-refractivity contribution in [1.82, 2.24) is 4.98 Å². The second-order valence-electron chi connectivity index (χ2n) is 4.42. The number of aromatic nitrogens is 1. The lowest BCUT2D eigenvalue weighted by Crippen LogP contribution is -2.15. The van der Waals surface area contributed by atoms with Crippen molar-refractivity contribution in [2.75, 3.05) is 6.54 Å². The van der Waals surface area contributed by atoms with E-state index >= 15 is 0 Å². The van der Waals surface area contributed by atoms with Gasteiger partial charge in [0.15, 0.2) is 0 Å². The van der Waals surface area contributed by atoms with Crippen molar-refractivity contribution in [2.45, 2.75) is 35.5 Å². The Hall–Kier alpha value is 0.520. The van der Waals surface area contributed by atoms with Gasteiger partial charge in [-0.2, -0.15) is 0 Å². The topological polar surface area (TPSA) is 64.9 Å². The second kappa shape index (κ2) is 8.23. The highest BCUT2D eigenvalue weighted by atomic mass is 35.6. The Kier molecular flexibility index (Phi) is 7.64. The van der Waals surface area contributed by atoms with Gasteiger partial charge in [-0.25, -0.2) is 0 Å². The fourth-order valence-electron chi connectivity index (χ4n) is 1.85. The third-order valence-electron chi connectivity index (χ3n) is 2.87. The van der Waals surface area contributed by atoms with Crippen molar-refractivity contribution in [3.8, 4) is 0 Å². The van der Waals surface area contributed by atoms with E-state index in [-0.39, 0.29) is 16.8 Å². The van der Waals surface area contributed by atoms with Crippen LogP contribution in [0.2, 0.25) is 10.0 Å². The van der Waals surface area contributed by atoms with E-state index < -0.39 is 3.79 Å². The van der Waals surface area contributed by atoms with Gasteiger partial charge in [-0.3, -0.25) is 4.98 Å². The Morgan fingerprint density at radius 2 is 1.80 bits per heavy atom. The van der Waals surface area contributed by atoms with Gasteiger partial charge in [0.1, 0.15) is 5.69 Å². The first-order valence-corrected chi connectivity index (χ1v) is 8.04. The summed E-state index contributed by atoms with van der Waals surface area (Å²) in [6.07, 6.45) is 5.02. The molecule has 0 aliphatic carbocycles. The van der Waals surface area contributed by atoms with E-state index in [0.29, 0.717) is 17.1 Å². The number of alkyl halides is 3. The molecule has 4 N–H and O–H groups in total. The molecule has 0 bridgehead atoms. The summed E-state index contributed by atoms with van der Waals surface area (Å²) < 4.78 is -1.71. The van der Waals surface area contributed by atoms with Crippen LogP contribution in [-0.4, -0.2) is 11.5 Å². The molecule has 0 fully saturated rings. The molecule has 3 nitrogen and oxygen atoms in total. The number of rotatable bonds is 6. The fraction of sp³-hybridized carbons (Fsp3) is 0.583. The largest absolute Gasteiger partial charge is 0.330 e. The van der Waals surface area contributed by atoms with Gasteiger partial charge in [0.25, 0.3) is 0 Å². The van der Waals surface area contributed by atoms with Crippen LogP contribution in [0.25, 0.3) is 0 Å². The van der Waals surface area contributed by atoms with E-state index in [2.05, 4.69) is 4.98 Å². The lowest BCUT2D eigenvalue weighted by molar-refractivity contribution is 0.572. The number of nitrogens with zero attached hydrogens (tertiary/aromatic N) is 1. The zero-order valence-corrected chi connectivity index (χ0v) is 14.5. The van der Waals surface area contributed by atoms with Gasteiger partial charge in [-0.15, -0.1) is 0 Å². The third-order valence-corrected chi connectivity index (χ3v) is 4.09. The predicted molar refractivity (Wildman–Crippen MR) is 87.9 cm³/mol. The van der Waals surface area contributed by atoms with Crippen molar-refractivity contribution < 1.29 is 0 Å². The van der Waals surface area contributed by atoms with Crippen LogP contribution >= 0.6 is 58.0 Å². The molecule has 0 radical (unpaired) electrons. The molecule has 20 heavy (non-hydrogen) atoms. The molecule has 0 amide bonds. The first-order chi connectivity index (χ1) is 9.29. The van der Waals surface area contributed by atoms with Gasteiger partial charge in [-0.1, -0.05) is 70.8 Å². The Morgan fingerprint density at radius 3 is 2.35 bits per heavy atom. The normalized spacial score (nSPS) is 13.6. The van der Waals surface area contributed by atoms with Crippen LogP contribution in [0.4, 0.5) is 0 Å². The lowest BCUT2D eigenvalue weighted by Gasteiger charge is -2.19. The van der Waals surface area contributed by atoms with Crippen LogP contribution in [0, 0.1) is 0 Å². The Labute approximate surface area is 143 Å². The molecule has 1 rings (SSSR count). The van der Waals surface area contributed by atoms with E-state index in [1.165, 1.54) is 6.20 Å². The van der Waals surface area contributed by atoms with Crippen LogP contribution in [0.1, 0.15) is 43.0 Å². The van der Waals surface area contributed by atoms with Crippen molar-refractivity contribution >= 4 is 58.0 Å². The molecule has 1 aromatic rings. The maximum absolute atomic E-state index is 6.23. The minimum absolute atomic E-state index is 0.140. The quantitative estimate of drug-likeness (QED) is 0.554. The molecule has 0 aliphatic rings. The Morgan fingerprint density at radius 1 is 1.15 bits per heavy atom. The Bertz CT molecular complexity index is 447.